The lowest BCUT2D eigenvalue weighted by atomic mass is 9.89. The Morgan fingerprint density at radius 1 is 0.952 bits per heavy atom. The summed E-state index contributed by atoms with van der Waals surface area (Å²) in [5.41, 5.74) is 1.10. The first-order valence-electron chi connectivity index (χ1n) is 8.12. The van der Waals surface area contributed by atoms with E-state index in [1.807, 2.05) is 18.2 Å². The molecule has 1 aromatic rings. The predicted octanol–water partition coefficient (Wildman–Crippen LogP) is 4.72. The van der Waals surface area contributed by atoms with Crippen LogP contribution in [0.25, 0.3) is 0 Å². The highest BCUT2D eigenvalue weighted by Gasteiger charge is 2.21. The number of benzene rings is 1. The molecule has 1 N–H and O–H groups in total. The lowest BCUT2D eigenvalue weighted by Crippen LogP contribution is -2.18. The van der Waals surface area contributed by atoms with Gasteiger partial charge in [-0.1, -0.05) is 26.7 Å². The third-order valence-electron chi connectivity index (χ3n) is 4.68. The first-order valence-corrected chi connectivity index (χ1v) is 8.12. The Kier molecular flexibility index (Phi) is 5.77. The minimum absolute atomic E-state index is 0.561. The molecule has 0 spiro atoms. The summed E-state index contributed by atoms with van der Waals surface area (Å²) in [4.78, 5) is 0. The van der Waals surface area contributed by atoms with Crippen LogP contribution in [0.1, 0.15) is 46.0 Å². The van der Waals surface area contributed by atoms with E-state index in [1.54, 1.807) is 14.2 Å². The highest BCUT2D eigenvalue weighted by Crippen LogP contribution is 2.32. The van der Waals surface area contributed by atoms with E-state index in [9.17, 15) is 0 Å². The monoisotopic (exact) mass is 291 g/mol. The number of anilines is 1. The van der Waals surface area contributed by atoms with Gasteiger partial charge in [0.05, 0.1) is 14.2 Å². The number of rotatable bonds is 5. The van der Waals surface area contributed by atoms with E-state index in [1.165, 1.54) is 32.1 Å². The molecule has 1 saturated carbocycles. The Hall–Kier alpha value is -1.38. The number of nitrogens with one attached hydrogen (secondary N) is 1. The molecular weight excluding hydrogens is 262 g/mol. The van der Waals surface area contributed by atoms with Crippen LogP contribution < -0.4 is 14.8 Å². The van der Waals surface area contributed by atoms with Crippen molar-refractivity contribution >= 4 is 5.69 Å². The molecule has 3 nitrogen and oxygen atoms in total. The molecule has 0 bridgehead atoms. The molecular formula is C18H29NO2. The topological polar surface area (TPSA) is 30.5 Å². The van der Waals surface area contributed by atoms with Crippen molar-refractivity contribution in [2.75, 3.05) is 19.5 Å². The van der Waals surface area contributed by atoms with Crippen molar-refractivity contribution in [3.8, 4) is 11.5 Å². The van der Waals surface area contributed by atoms with Crippen molar-refractivity contribution in [1.29, 1.82) is 0 Å². The normalized spacial score (nSPS) is 22.7. The summed E-state index contributed by atoms with van der Waals surface area (Å²) >= 11 is 0. The Bertz CT molecular complexity index is 423. The van der Waals surface area contributed by atoms with Gasteiger partial charge in [0, 0.05) is 29.9 Å². The van der Waals surface area contributed by atoms with Gasteiger partial charge >= 0.3 is 0 Å². The molecule has 0 aliphatic heterocycles. The van der Waals surface area contributed by atoms with E-state index < -0.39 is 0 Å². The molecule has 21 heavy (non-hydrogen) atoms. The Morgan fingerprint density at radius 3 is 2.19 bits per heavy atom. The average molecular weight is 291 g/mol. The second-order valence-corrected chi connectivity index (χ2v) is 6.45. The second-order valence-electron chi connectivity index (χ2n) is 6.45. The van der Waals surface area contributed by atoms with Crippen LogP contribution in [0.2, 0.25) is 0 Å². The van der Waals surface area contributed by atoms with Crippen molar-refractivity contribution in [2.24, 2.45) is 11.8 Å². The fourth-order valence-corrected chi connectivity index (χ4v) is 3.27. The Labute approximate surface area is 129 Å². The van der Waals surface area contributed by atoms with Crippen molar-refractivity contribution in [2.45, 2.75) is 52.0 Å². The molecule has 2 rings (SSSR count). The summed E-state index contributed by atoms with van der Waals surface area (Å²) in [5, 5.41) is 3.67. The molecule has 0 aromatic heterocycles. The first kappa shape index (κ1) is 16.0. The van der Waals surface area contributed by atoms with Crippen LogP contribution in [0.5, 0.6) is 11.5 Å². The molecule has 118 valence electrons. The molecule has 0 saturated heterocycles. The summed E-state index contributed by atoms with van der Waals surface area (Å²) in [5.74, 6) is 3.37. The molecule has 3 heteroatoms. The van der Waals surface area contributed by atoms with Gasteiger partial charge in [0.1, 0.15) is 11.5 Å². The summed E-state index contributed by atoms with van der Waals surface area (Å²) in [6, 6.07) is 6.57. The maximum Gasteiger partial charge on any atom is 0.124 e. The maximum absolute atomic E-state index is 5.34. The van der Waals surface area contributed by atoms with Gasteiger partial charge in [-0.25, -0.2) is 0 Å². The third-order valence-corrected chi connectivity index (χ3v) is 4.68. The molecule has 1 fully saturated rings. The lowest BCUT2D eigenvalue weighted by Gasteiger charge is -2.20. The van der Waals surface area contributed by atoms with Gasteiger partial charge in [-0.3, -0.25) is 0 Å². The van der Waals surface area contributed by atoms with Crippen LogP contribution in [0, 0.1) is 11.8 Å². The Morgan fingerprint density at radius 2 is 1.62 bits per heavy atom. The van der Waals surface area contributed by atoms with Crippen LogP contribution in [0.3, 0.4) is 0 Å². The maximum atomic E-state index is 5.34. The minimum Gasteiger partial charge on any atom is -0.497 e. The largest absolute Gasteiger partial charge is 0.497 e. The van der Waals surface area contributed by atoms with E-state index in [-0.39, 0.29) is 0 Å². The molecule has 2 atom stereocenters. The van der Waals surface area contributed by atoms with Crippen LogP contribution in [0.15, 0.2) is 18.2 Å². The molecule has 2 unspecified atom stereocenters. The highest BCUT2D eigenvalue weighted by molar-refractivity contribution is 5.54. The molecule has 0 amide bonds. The van der Waals surface area contributed by atoms with Gasteiger partial charge in [-0.05, 0) is 31.1 Å². The molecule has 0 radical (unpaired) electrons. The zero-order valence-corrected chi connectivity index (χ0v) is 13.8. The summed E-state index contributed by atoms with van der Waals surface area (Å²) in [7, 11) is 3.38. The van der Waals surface area contributed by atoms with E-state index in [4.69, 9.17) is 9.47 Å². The quantitative estimate of drug-likeness (QED) is 0.796. The van der Waals surface area contributed by atoms with Gasteiger partial charge in [-0.2, -0.15) is 0 Å². The first-order chi connectivity index (χ1) is 10.1. The van der Waals surface area contributed by atoms with E-state index in [2.05, 4.69) is 19.2 Å². The van der Waals surface area contributed by atoms with Crippen molar-refractivity contribution in [3.63, 3.8) is 0 Å². The van der Waals surface area contributed by atoms with Crippen molar-refractivity contribution in [1.82, 2.24) is 0 Å². The van der Waals surface area contributed by atoms with Gasteiger partial charge in [0.2, 0.25) is 0 Å². The fraction of sp³-hybridized carbons (Fsp3) is 0.667. The Balaban J connectivity index is 2.01. The lowest BCUT2D eigenvalue weighted by molar-refractivity contribution is 0.341. The summed E-state index contributed by atoms with van der Waals surface area (Å²) in [6.07, 6.45) is 6.53. The molecule has 1 aliphatic rings. The highest BCUT2D eigenvalue weighted by atomic mass is 16.5. The van der Waals surface area contributed by atoms with Crippen molar-refractivity contribution in [3.05, 3.63) is 18.2 Å². The summed E-state index contributed by atoms with van der Waals surface area (Å²) in [6.45, 7) is 4.71. The SMILES string of the molecule is COc1cc(NC2CCCC(C(C)C)CC2)cc(OC)c1. The van der Waals surface area contributed by atoms with E-state index >= 15 is 0 Å². The number of methoxy groups -OCH3 is 2. The van der Waals surface area contributed by atoms with Gasteiger partial charge in [0.25, 0.3) is 0 Å². The van der Waals surface area contributed by atoms with E-state index in [0.717, 1.165) is 29.0 Å². The fourth-order valence-electron chi connectivity index (χ4n) is 3.27. The minimum atomic E-state index is 0.561. The molecule has 1 aliphatic carbocycles. The summed E-state index contributed by atoms with van der Waals surface area (Å²) < 4.78 is 10.7. The van der Waals surface area contributed by atoms with Crippen LogP contribution in [-0.4, -0.2) is 20.3 Å². The zero-order valence-electron chi connectivity index (χ0n) is 13.8. The average Bonchev–Trinajstić information content (AvgIpc) is 2.72. The zero-order chi connectivity index (χ0) is 15.2. The third kappa shape index (κ3) is 4.55. The predicted molar refractivity (Wildman–Crippen MR) is 88.4 cm³/mol. The molecule has 1 aromatic carbocycles. The van der Waals surface area contributed by atoms with Gasteiger partial charge in [-0.15, -0.1) is 0 Å². The number of hydrogen-bond donors (Lipinski definition) is 1. The standard InChI is InChI=1S/C18H29NO2/c1-13(2)14-6-5-7-15(9-8-14)19-16-10-17(20-3)12-18(11-16)21-4/h10-15,19H,5-9H2,1-4H3. The van der Waals surface area contributed by atoms with Gasteiger partial charge in [0.15, 0.2) is 0 Å². The van der Waals surface area contributed by atoms with Crippen molar-refractivity contribution < 1.29 is 9.47 Å². The number of ether oxygens (including phenoxy) is 2. The van der Waals surface area contributed by atoms with Crippen LogP contribution >= 0.6 is 0 Å². The molecule has 0 heterocycles. The van der Waals surface area contributed by atoms with Crippen LogP contribution in [-0.2, 0) is 0 Å². The smallest absolute Gasteiger partial charge is 0.124 e. The van der Waals surface area contributed by atoms with Crippen LogP contribution in [0.4, 0.5) is 5.69 Å². The second kappa shape index (κ2) is 7.58. The number of hydrogen-bond acceptors (Lipinski definition) is 3. The van der Waals surface area contributed by atoms with E-state index in [0.29, 0.717) is 6.04 Å². The van der Waals surface area contributed by atoms with Gasteiger partial charge < -0.3 is 14.8 Å².